The van der Waals surface area contributed by atoms with Gasteiger partial charge in [0.25, 0.3) is 0 Å². The normalized spacial score (nSPS) is 16.9. The van der Waals surface area contributed by atoms with Gasteiger partial charge in [-0.25, -0.2) is 12.5 Å². The van der Waals surface area contributed by atoms with Gasteiger partial charge in [0.05, 0.1) is 0 Å². The molecule has 0 saturated carbocycles. The molecule has 0 bridgehead atoms. The Morgan fingerprint density at radius 2 is 1.80 bits per heavy atom. The fraction of sp³-hybridized carbons (Fsp3) is 0.526. The fourth-order valence-electron chi connectivity index (χ4n) is 3.24. The molecule has 1 heterocycles. The second kappa shape index (κ2) is 11.1. The van der Waals surface area contributed by atoms with Crippen LogP contribution < -0.4 is 29.7 Å². The van der Waals surface area contributed by atoms with E-state index in [4.69, 9.17) is 0 Å². The number of benzene rings is 1. The summed E-state index contributed by atoms with van der Waals surface area (Å²) in [5, 5.41) is 0. The van der Waals surface area contributed by atoms with E-state index < -0.39 is 0 Å². The predicted octanol–water partition coefficient (Wildman–Crippen LogP) is -0.564. The number of hydrogen-bond donors (Lipinski definition) is 0. The molecule has 1 aromatic rings. The summed E-state index contributed by atoms with van der Waals surface area (Å²) in [4.78, 5) is 6.84. The predicted molar refractivity (Wildman–Crippen MR) is 99.9 cm³/mol. The minimum Gasteiger partial charge on any atom is -1.00 e. The van der Waals surface area contributed by atoms with E-state index in [9.17, 15) is 0 Å². The number of hydrogen-bond acceptors (Lipinski definition) is 1. The Morgan fingerprint density at radius 1 is 1.20 bits per heavy atom. The van der Waals surface area contributed by atoms with Crippen LogP contribution in [0.4, 0.5) is 5.69 Å². The van der Waals surface area contributed by atoms with Crippen molar-refractivity contribution in [3.63, 3.8) is 0 Å². The van der Waals surface area contributed by atoms with Crippen molar-refractivity contribution in [2.75, 3.05) is 11.9 Å². The Bertz CT molecular complexity index is 571. The molecule has 3 rings (SSSR count). The van der Waals surface area contributed by atoms with Crippen LogP contribution in [0, 0.1) is 13.3 Å². The van der Waals surface area contributed by atoms with Gasteiger partial charge in [0, 0.05) is 5.69 Å². The second-order valence-electron chi connectivity index (χ2n) is 7.47. The first-order valence-corrected chi connectivity index (χ1v) is 10.5. The Morgan fingerprint density at radius 3 is 2.28 bits per heavy atom. The van der Waals surface area contributed by atoms with Crippen molar-refractivity contribution in [3.05, 3.63) is 52.5 Å². The van der Waals surface area contributed by atoms with Gasteiger partial charge in [-0.15, -0.1) is 17.7 Å². The molecule has 0 amide bonds. The molecule has 1 unspecified atom stereocenters. The molecule has 1 radical (unpaired) electrons. The zero-order valence-electron chi connectivity index (χ0n) is 16.3. The fourth-order valence-corrected chi connectivity index (χ4v) is 4.58. The molecule has 0 fully saturated rings. The van der Waals surface area contributed by atoms with E-state index >= 15 is 0 Å². The van der Waals surface area contributed by atoms with E-state index in [1.165, 1.54) is 28.9 Å². The van der Waals surface area contributed by atoms with Crippen molar-refractivity contribution in [3.8, 4) is 0 Å². The molecule has 137 valence electrons. The van der Waals surface area contributed by atoms with Crippen LogP contribution in [0.25, 0.3) is 4.98 Å². The monoisotopic (exact) mass is 431 g/mol. The largest absolute Gasteiger partial charge is 4.00 e. The van der Waals surface area contributed by atoms with Gasteiger partial charge in [-0.2, -0.15) is 0 Å². The van der Waals surface area contributed by atoms with Crippen molar-refractivity contribution >= 4 is 14.6 Å². The van der Waals surface area contributed by atoms with Gasteiger partial charge in [0.2, 0.25) is 0 Å². The van der Waals surface area contributed by atoms with Crippen LogP contribution in [-0.2, 0) is 21.7 Å². The first kappa shape index (κ1) is 27.3. The second-order valence-corrected chi connectivity index (χ2v) is 9.58. The van der Waals surface area contributed by atoms with Gasteiger partial charge in [-0.1, -0.05) is 60.9 Å². The number of likely N-dealkylation sites (N-methyl/N-ethyl adjacent to an activating group) is 1. The van der Waals surface area contributed by atoms with E-state index in [0.717, 1.165) is 0 Å². The third-order valence-electron chi connectivity index (χ3n) is 3.89. The van der Waals surface area contributed by atoms with Crippen LogP contribution in [0.3, 0.4) is 0 Å². The summed E-state index contributed by atoms with van der Waals surface area (Å²) < 4.78 is 0. The maximum absolute atomic E-state index is 4.51. The number of anilines is 1. The molecule has 2 aliphatic rings. The average molecular weight is 432 g/mol. The van der Waals surface area contributed by atoms with E-state index in [1.807, 2.05) is 0 Å². The van der Waals surface area contributed by atoms with Gasteiger partial charge >= 0.3 is 21.7 Å². The summed E-state index contributed by atoms with van der Waals surface area (Å²) in [7, 11) is 1.80. The molecule has 1 aliphatic heterocycles. The zero-order valence-corrected chi connectivity index (χ0v) is 20.4. The Kier molecular flexibility index (Phi) is 12.1. The SMILES string of the molecule is C[Si](C)[N-]C(C)(C)C.Cc1ccc2c(c1)N(C)C1=C[CH-]CC12.[Cl-].[Cl-].[Ti+4]. The van der Waals surface area contributed by atoms with Crippen LogP contribution in [0.2, 0.25) is 13.1 Å². The average Bonchev–Trinajstić information content (AvgIpc) is 2.92. The summed E-state index contributed by atoms with van der Waals surface area (Å²) in [6.07, 6.45) is 5.72. The van der Waals surface area contributed by atoms with Gasteiger partial charge in [-0.3, -0.25) is 0 Å². The molecule has 6 heteroatoms. The minimum atomic E-state index is -0.367. The first-order chi connectivity index (χ1) is 10.2. The molecule has 0 aromatic heterocycles. The molecule has 0 spiro atoms. The molecule has 1 aromatic carbocycles. The van der Waals surface area contributed by atoms with Gasteiger partial charge in [0.15, 0.2) is 0 Å². The summed E-state index contributed by atoms with van der Waals surface area (Å²) in [5.74, 6) is 0.635. The molecule has 25 heavy (non-hydrogen) atoms. The minimum absolute atomic E-state index is 0. The molecular formula is C19H29Cl2N2SiTi. The van der Waals surface area contributed by atoms with Crippen LogP contribution in [-0.4, -0.2) is 21.5 Å². The first-order valence-electron chi connectivity index (χ1n) is 8.10. The van der Waals surface area contributed by atoms with E-state index in [0.29, 0.717) is 5.92 Å². The van der Waals surface area contributed by atoms with E-state index in [2.05, 4.69) is 88.4 Å². The number of allylic oxidation sites excluding steroid dienone is 2. The van der Waals surface area contributed by atoms with Crippen LogP contribution >= 0.6 is 0 Å². The molecular weight excluding hydrogens is 403 g/mol. The topological polar surface area (TPSA) is 17.3 Å². The molecule has 2 nitrogen and oxygen atoms in total. The number of aryl methyl sites for hydroxylation is 1. The maximum atomic E-state index is 4.51. The Labute approximate surface area is 183 Å². The Hall–Kier alpha value is 0.101. The zero-order chi connectivity index (χ0) is 16.5. The van der Waals surface area contributed by atoms with E-state index in [1.54, 1.807) is 0 Å². The van der Waals surface area contributed by atoms with Gasteiger partial charge < -0.3 is 34.7 Å². The van der Waals surface area contributed by atoms with Crippen molar-refractivity contribution in [1.82, 2.24) is 0 Å². The molecule has 1 aliphatic carbocycles. The van der Waals surface area contributed by atoms with Crippen molar-refractivity contribution < 1.29 is 46.5 Å². The van der Waals surface area contributed by atoms with Crippen molar-refractivity contribution in [1.29, 1.82) is 0 Å². The van der Waals surface area contributed by atoms with Crippen molar-refractivity contribution in [2.45, 2.75) is 58.7 Å². The molecule has 1 atom stereocenters. The molecule has 0 saturated heterocycles. The quantitative estimate of drug-likeness (QED) is 0.430. The smallest absolute Gasteiger partial charge is 1.00 e. The standard InChI is InChI=1S/C13H14N.C6H15NSi.2ClH.Ti/c1-9-6-7-11-10-4-3-5-12(10)14(2)13(11)8-9;1-6(2,3)7-8(4)5;;;/h3,5-8,10H,4H2,1-2H3;1-5H3;2*1H;/q2*-1;;;+4/p-2. The van der Waals surface area contributed by atoms with Crippen molar-refractivity contribution in [2.24, 2.45) is 0 Å². The van der Waals surface area contributed by atoms with Crippen LogP contribution in [0.1, 0.15) is 44.2 Å². The summed E-state index contributed by atoms with van der Waals surface area (Å²) in [5.41, 5.74) is 5.90. The molecule has 0 N–H and O–H groups in total. The van der Waals surface area contributed by atoms with Crippen LogP contribution in [0.5, 0.6) is 0 Å². The Balaban J connectivity index is 0. The number of halogens is 2. The van der Waals surface area contributed by atoms with E-state index in [-0.39, 0.29) is 61.0 Å². The maximum Gasteiger partial charge on any atom is 4.00 e. The number of fused-ring (bicyclic) bond motifs is 3. The summed E-state index contributed by atoms with van der Waals surface area (Å²) in [6, 6.07) is 6.79. The van der Waals surface area contributed by atoms with Gasteiger partial charge in [0.1, 0.15) is 0 Å². The van der Waals surface area contributed by atoms with Crippen LogP contribution in [0.15, 0.2) is 30.0 Å². The number of rotatable bonds is 1. The third kappa shape index (κ3) is 7.32. The number of nitrogens with zero attached hydrogens (tertiary/aromatic N) is 2. The third-order valence-corrected chi connectivity index (χ3v) is 5.00. The van der Waals surface area contributed by atoms with Gasteiger partial charge in [-0.05, 0) is 31.2 Å². The summed E-state index contributed by atoms with van der Waals surface area (Å²) >= 11 is 0. The summed E-state index contributed by atoms with van der Waals surface area (Å²) in [6.45, 7) is 13.0.